The minimum absolute atomic E-state index is 0.267. The van der Waals surface area contributed by atoms with Crippen molar-refractivity contribution >= 4 is 55.7 Å². The molecule has 0 atom stereocenters. The van der Waals surface area contributed by atoms with E-state index in [0.29, 0.717) is 0 Å². The second kappa shape index (κ2) is 16.2. The molecule has 0 aliphatic rings. The van der Waals surface area contributed by atoms with Crippen LogP contribution in [0.2, 0.25) is 0 Å². The molecule has 18 heteroatoms. The zero-order valence-corrected chi connectivity index (χ0v) is 23.3. The Balaban J connectivity index is 0.000000220. The van der Waals surface area contributed by atoms with Gasteiger partial charge in [-0.15, -0.1) is 10.2 Å². The molecule has 2 N–H and O–H groups in total. The molecule has 8 nitrogen and oxygen atoms in total. The zero-order chi connectivity index (χ0) is 31.4. The van der Waals surface area contributed by atoms with Crippen molar-refractivity contribution in [1.29, 1.82) is 0 Å². The Morgan fingerprint density at radius 1 is 0.548 bits per heavy atom. The van der Waals surface area contributed by atoms with Crippen LogP contribution in [-0.4, -0.2) is 32.8 Å². The van der Waals surface area contributed by atoms with Gasteiger partial charge in [-0.1, -0.05) is 10.3 Å². The smallest absolute Gasteiger partial charge is 0.176 e. The average molecular weight is 728 g/mol. The van der Waals surface area contributed by atoms with Gasteiger partial charge in [0.25, 0.3) is 0 Å². The second-order valence-corrected chi connectivity index (χ2v) is 8.66. The number of rotatable bonds is 4. The van der Waals surface area contributed by atoms with Crippen LogP contribution in [0, 0.1) is 46.5 Å². The number of pyridine rings is 2. The van der Waals surface area contributed by atoms with Gasteiger partial charge in [0.05, 0.1) is 44.9 Å². The predicted molar refractivity (Wildman–Crippen MR) is 139 cm³/mol. The first-order chi connectivity index (χ1) is 20.0. The van der Waals surface area contributed by atoms with Crippen molar-refractivity contribution in [3.05, 3.63) is 116 Å². The number of nitrogens with zero attached hydrogens (tertiary/aromatic N) is 6. The second-order valence-electron chi connectivity index (χ2n) is 7.08. The van der Waals surface area contributed by atoms with Crippen LogP contribution in [0.3, 0.4) is 0 Å². The molecule has 4 rings (SSSR count). The molecule has 0 spiro atoms. The van der Waals surface area contributed by atoms with E-state index in [4.69, 9.17) is 10.4 Å². The topological polar surface area (TPSA) is 116 Å². The predicted octanol–water partition coefficient (Wildman–Crippen LogP) is 8.52. The summed E-state index contributed by atoms with van der Waals surface area (Å²) in [6, 6.07) is 7.31. The first-order valence-corrected chi connectivity index (χ1v) is 12.1. The minimum Gasteiger partial charge on any atom is -0.411 e. The van der Waals surface area contributed by atoms with E-state index in [1.54, 1.807) is 24.8 Å². The van der Waals surface area contributed by atoms with Gasteiger partial charge in [0.15, 0.2) is 46.5 Å². The van der Waals surface area contributed by atoms with Crippen molar-refractivity contribution in [2.75, 3.05) is 0 Å². The Bertz CT molecular complexity index is 1440. The highest BCUT2D eigenvalue weighted by molar-refractivity contribution is 9.10. The van der Waals surface area contributed by atoms with Gasteiger partial charge in [-0.25, -0.2) is 35.1 Å². The molecule has 0 fully saturated rings. The molecule has 2 heterocycles. The fourth-order valence-corrected chi connectivity index (χ4v) is 3.22. The van der Waals surface area contributed by atoms with E-state index in [-0.39, 0.29) is 12.4 Å². The quantitative estimate of drug-likeness (QED) is 0.0417. The third-order valence-electron chi connectivity index (χ3n) is 4.43. The van der Waals surface area contributed by atoms with E-state index >= 15 is 0 Å². The van der Waals surface area contributed by atoms with E-state index in [1.165, 1.54) is 0 Å². The summed E-state index contributed by atoms with van der Waals surface area (Å²) in [6.07, 6.45) is 7.23. The largest absolute Gasteiger partial charge is 0.411 e. The summed E-state index contributed by atoms with van der Waals surface area (Å²) in [5.74, 6) is -12.9. The molecule has 2 aromatic heterocycles. The van der Waals surface area contributed by atoms with Crippen molar-refractivity contribution in [1.82, 2.24) is 9.97 Å². The monoisotopic (exact) mass is 726 g/mol. The number of hydrogen-bond donors (Lipinski definition) is 2. The van der Waals surface area contributed by atoms with E-state index in [0.717, 1.165) is 11.4 Å². The summed E-state index contributed by atoms with van der Waals surface area (Å²) in [6.45, 7) is 0. The lowest BCUT2D eigenvalue weighted by Crippen LogP contribution is -2.03. The third-order valence-corrected chi connectivity index (χ3v) is 5.83. The fraction of sp³-hybridized carbons (Fsp3) is 0. The Kier molecular flexibility index (Phi) is 13.1. The first-order valence-electron chi connectivity index (χ1n) is 10.6. The highest BCUT2D eigenvalue weighted by Crippen LogP contribution is 2.28. The summed E-state index contributed by atoms with van der Waals surface area (Å²) >= 11 is 4.66. The van der Waals surface area contributed by atoms with E-state index < -0.39 is 66.6 Å². The molecule has 0 amide bonds. The molecular weight excluding hydrogens is 716 g/mol. The van der Waals surface area contributed by atoms with Gasteiger partial charge in [0, 0.05) is 12.4 Å². The lowest BCUT2D eigenvalue weighted by molar-refractivity contribution is 0.321. The Labute approximate surface area is 247 Å². The van der Waals surface area contributed by atoms with Gasteiger partial charge in [0.1, 0.15) is 11.4 Å². The molecule has 0 saturated heterocycles. The number of halogens is 10. The molecule has 0 bridgehead atoms. The van der Waals surface area contributed by atoms with Crippen LogP contribution in [0.4, 0.5) is 46.5 Å². The van der Waals surface area contributed by atoms with Crippen LogP contribution >= 0.6 is 31.9 Å². The lowest BCUT2D eigenvalue weighted by atomic mass is 10.2. The molecule has 0 aliphatic carbocycles. The van der Waals surface area contributed by atoms with Crippen LogP contribution in [0.1, 0.15) is 11.1 Å². The number of azo groups is 1. The summed E-state index contributed by atoms with van der Waals surface area (Å²) < 4.78 is 101. The highest BCUT2D eigenvalue weighted by atomic mass is 79.9. The molecule has 0 aliphatic heterocycles. The van der Waals surface area contributed by atoms with Crippen molar-refractivity contribution in [2.45, 2.75) is 0 Å². The maximum absolute atomic E-state index is 12.9. The zero-order valence-electron chi connectivity index (χ0n) is 20.1. The maximum Gasteiger partial charge on any atom is 0.176 e. The van der Waals surface area contributed by atoms with E-state index in [1.807, 2.05) is 24.3 Å². The van der Waals surface area contributed by atoms with Crippen LogP contribution in [0.15, 0.2) is 78.5 Å². The summed E-state index contributed by atoms with van der Waals surface area (Å²) in [5, 5.41) is 28.6. The highest BCUT2D eigenvalue weighted by Gasteiger charge is 2.24. The van der Waals surface area contributed by atoms with Gasteiger partial charge in [0.2, 0.25) is 0 Å². The molecule has 4 aromatic rings. The maximum atomic E-state index is 12.9. The van der Waals surface area contributed by atoms with Crippen LogP contribution in [0.25, 0.3) is 0 Å². The van der Waals surface area contributed by atoms with Crippen molar-refractivity contribution in [3.8, 4) is 0 Å². The van der Waals surface area contributed by atoms with E-state index in [9.17, 15) is 35.1 Å². The summed E-state index contributed by atoms with van der Waals surface area (Å²) in [5.41, 5.74) is -0.691. The third kappa shape index (κ3) is 8.59. The van der Waals surface area contributed by atoms with Gasteiger partial charge in [-0.05, 0) is 56.1 Å². The normalized spacial score (nSPS) is 11.0. The molecule has 0 radical (unpaired) electrons. The first kappa shape index (κ1) is 33.9. The van der Waals surface area contributed by atoms with Gasteiger partial charge < -0.3 is 10.4 Å². The number of oxime groups is 2. The van der Waals surface area contributed by atoms with Crippen molar-refractivity contribution in [2.24, 2.45) is 20.5 Å². The number of hydrogen-bond acceptors (Lipinski definition) is 8. The van der Waals surface area contributed by atoms with Gasteiger partial charge in [-0.2, -0.15) is 0 Å². The number of benzene rings is 2. The Morgan fingerprint density at radius 3 is 1.10 bits per heavy atom. The molecule has 220 valence electrons. The van der Waals surface area contributed by atoms with Crippen molar-refractivity contribution < 1.29 is 45.5 Å². The number of aromatic nitrogens is 2. The van der Waals surface area contributed by atoms with Gasteiger partial charge >= 0.3 is 0 Å². The van der Waals surface area contributed by atoms with E-state index in [2.05, 4.69) is 62.4 Å². The summed E-state index contributed by atoms with van der Waals surface area (Å²) in [7, 11) is 0. The lowest BCUT2D eigenvalue weighted by Gasteiger charge is -2.03. The molecule has 0 saturated carbocycles. The van der Waals surface area contributed by atoms with Gasteiger partial charge in [-0.3, -0.25) is 9.97 Å². The van der Waals surface area contributed by atoms with Crippen LogP contribution in [-0.2, 0) is 0 Å². The minimum atomic E-state index is -1.63. The van der Waals surface area contributed by atoms with Crippen molar-refractivity contribution in [3.63, 3.8) is 0 Å². The summed E-state index contributed by atoms with van der Waals surface area (Å²) in [4.78, 5) is 7.86. The molecule has 42 heavy (non-hydrogen) atoms. The molecule has 0 unspecified atom stereocenters. The van der Waals surface area contributed by atoms with Crippen LogP contribution in [0.5, 0.6) is 0 Å². The Hall–Kier alpha value is -4.32. The molecule has 2 aromatic carbocycles. The molecular formula is C24H12Br2F8N6O2. The average Bonchev–Trinajstić information content (AvgIpc) is 3.02. The standard InChI is InChI=1S/C10H8N4.2C7H2BrF4NO/c1-3-9(7-11-5-1)13-14-10-4-2-6-12-8-10;2*8-3-6(11)4(9)2(1-13-14)5(10)7(3)12/h1-8H;2*1,14H/b;2*13-1+. The van der Waals surface area contributed by atoms with Crippen LogP contribution < -0.4 is 0 Å². The Morgan fingerprint density at radius 2 is 0.857 bits per heavy atom. The SMILES string of the molecule is O/N=C/c1c(F)c(F)c(Br)c(F)c1F.O/N=C/c1c(F)c(F)c(Br)c(F)c1F.c1cncc(N=Nc2cccnc2)c1. The fourth-order valence-electron chi connectivity index (χ4n) is 2.53.